The van der Waals surface area contributed by atoms with Crippen molar-refractivity contribution in [3.8, 4) is 0 Å². The van der Waals surface area contributed by atoms with E-state index in [1.54, 1.807) is 29.7 Å². The maximum atomic E-state index is 13.6. The minimum absolute atomic E-state index is 0.0613. The number of amides is 1. The molecule has 1 atom stereocenters. The van der Waals surface area contributed by atoms with Crippen molar-refractivity contribution in [1.82, 2.24) is 14.9 Å². The minimum atomic E-state index is -0.468. The van der Waals surface area contributed by atoms with Gasteiger partial charge in [-0.05, 0) is 42.0 Å². The molecule has 1 aromatic carbocycles. The van der Waals surface area contributed by atoms with Crippen molar-refractivity contribution in [2.24, 2.45) is 7.05 Å². The average Bonchev–Trinajstić information content (AvgIpc) is 3.24. The number of carbonyl (C=O) groups is 1. The zero-order valence-corrected chi connectivity index (χ0v) is 14.8. The van der Waals surface area contributed by atoms with Gasteiger partial charge in [0.15, 0.2) is 0 Å². The van der Waals surface area contributed by atoms with Crippen LogP contribution >= 0.6 is 11.3 Å². The Morgan fingerprint density at radius 1 is 1.36 bits per heavy atom. The van der Waals surface area contributed by atoms with Gasteiger partial charge in [-0.25, -0.2) is 9.37 Å². The number of aryl methyl sites for hydroxylation is 2. The summed E-state index contributed by atoms with van der Waals surface area (Å²) in [7, 11) is 1.86. The van der Waals surface area contributed by atoms with E-state index in [0.29, 0.717) is 17.8 Å². The summed E-state index contributed by atoms with van der Waals surface area (Å²) in [6.07, 6.45) is 5.57. The molecular formula is C19H20FN3OS. The average molecular weight is 357 g/mol. The number of imidazole rings is 1. The Kier molecular flexibility index (Phi) is 5.60. The lowest BCUT2D eigenvalue weighted by Gasteiger charge is -2.19. The fourth-order valence-corrected chi connectivity index (χ4v) is 3.50. The summed E-state index contributed by atoms with van der Waals surface area (Å²) in [4.78, 5) is 18.0. The van der Waals surface area contributed by atoms with E-state index in [1.165, 1.54) is 17.0 Å². The van der Waals surface area contributed by atoms with Crippen molar-refractivity contribution in [1.29, 1.82) is 0 Å². The van der Waals surface area contributed by atoms with Gasteiger partial charge in [0.05, 0.1) is 0 Å². The molecule has 0 aliphatic rings. The topological polar surface area (TPSA) is 46.9 Å². The molecule has 0 spiro atoms. The van der Waals surface area contributed by atoms with Gasteiger partial charge in [-0.3, -0.25) is 4.79 Å². The van der Waals surface area contributed by atoms with E-state index < -0.39 is 6.04 Å². The molecule has 6 heteroatoms. The Balaban J connectivity index is 1.69. The maximum Gasteiger partial charge on any atom is 0.220 e. The van der Waals surface area contributed by atoms with Crippen molar-refractivity contribution in [3.05, 3.63) is 76.3 Å². The minimum Gasteiger partial charge on any atom is -0.342 e. The number of rotatable bonds is 7. The van der Waals surface area contributed by atoms with Crippen LogP contribution in [-0.2, 0) is 18.3 Å². The van der Waals surface area contributed by atoms with Crippen LogP contribution in [-0.4, -0.2) is 15.5 Å². The quantitative estimate of drug-likeness (QED) is 0.698. The monoisotopic (exact) mass is 357 g/mol. The van der Waals surface area contributed by atoms with Crippen LogP contribution in [0.25, 0.3) is 0 Å². The van der Waals surface area contributed by atoms with Crippen LogP contribution in [0.15, 0.2) is 54.2 Å². The number of halogens is 1. The molecule has 3 aromatic rings. The van der Waals surface area contributed by atoms with Crippen LogP contribution in [0.2, 0.25) is 0 Å². The van der Waals surface area contributed by atoms with Crippen molar-refractivity contribution < 1.29 is 9.18 Å². The largest absolute Gasteiger partial charge is 0.342 e. The van der Waals surface area contributed by atoms with Crippen LogP contribution in [0, 0.1) is 5.82 Å². The van der Waals surface area contributed by atoms with Crippen LogP contribution in [0.3, 0.4) is 0 Å². The third-order valence-corrected chi connectivity index (χ3v) is 4.95. The molecule has 1 amide bonds. The predicted molar refractivity (Wildman–Crippen MR) is 96.9 cm³/mol. The lowest BCUT2D eigenvalue weighted by atomic mass is 10.1. The lowest BCUT2D eigenvalue weighted by Crippen LogP contribution is -2.31. The smallest absolute Gasteiger partial charge is 0.220 e. The summed E-state index contributed by atoms with van der Waals surface area (Å²) in [5.74, 6) is 0.287. The van der Waals surface area contributed by atoms with Gasteiger partial charge in [0, 0.05) is 30.7 Å². The van der Waals surface area contributed by atoms with Crippen molar-refractivity contribution in [2.75, 3.05) is 0 Å². The summed E-state index contributed by atoms with van der Waals surface area (Å²) in [5.41, 5.74) is 0.681. The van der Waals surface area contributed by atoms with Crippen LogP contribution < -0.4 is 5.32 Å². The van der Waals surface area contributed by atoms with Crippen molar-refractivity contribution in [2.45, 2.75) is 25.3 Å². The first kappa shape index (κ1) is 17.4. The first-order valence-corrected chi connectivity index (χ1v) is 9.06. The highest BCUT2D eigenvalue weighted by molar-refractivity contribution is 7.09. The molecule has 2 heterocycles. The van der Waals surface area contributed by atoms with Gasteiger partial charge in [-0.1, -0.05) is 18.2 Å². The maximum absolute atomic E-state index is 13.6. The van der Waals surface area contributed by atoms with Crippen LogP contribution in [0.1, 0.15) is 35.1 Å². The molecule has 0 aliphatic heterocycles. The van der Waals surface area contributed by atoms with E-state index in [1.807, 2.05) is 29.3 Å². The molecular weight excluding hydrogens is 337 g/mol. The molecule has 25 heavy (non-hydrogen) atoms. The van der Waals surface area contributed by atoms with Gasteiger partial charge in [0.1, 0.15) is 17.7 Å². The Labute approximate surface area is 150 Å². The first-order valence-electron chi connectivity index (χ1n) is 8.18. The third-order valence-electron chi connectivity index (χ3n) is 4.01. The molecule has 0 bridgehead atoms. The van der Waals surface area contributed by atoms with E-state index in [0.717, 1.165) is 12.8 Å². The molecule has 0 fully saturated rings. The highest BCUT2D eigenvalue weighted by atomic mass is 32.1. The number of aromatic nitrogens is 2. The van der Waals surface area contributed by atoms with E-state index in [9.17, 15) is 9.18 Å². The summed E-state index contributed by atoms with van der Waals surface area (Å²) in [6, 6.07) is 9.89. The summed E-state index contributed by atoms with van der Waals surface area (Å²) >= 11 is 1.70. The van der Waals surface area contributed by atoms with Crippen LogP contribution in [0.4, 0.5) is 4.39 Å². The number of nitrogens with zero attached hydrogens (tertiary/aromatic N) is 2. The number of hydrogen-bond donors (Lipinski definition) is 1. The number of hydrogen-bond acceptors (Lipinski definition) is 3. The van der Waals surface area contributed by atoms with Gasteiger partial charge in [0.2, 0.25) is 5.91 Å². The Morgan fingerprint density at radius 2 is 2.24 bits per heavy atom. The zero-order chi connectivity index (χ0) is 17.6. The Hall–Kier alpha value is -2.47. The normalized spacial score (nSPS) is 12.1. The van der Waals surface area contributed by atoms with Crippen LogP contribution in [0.5, 0.6) is 0 Å². The molecule has 2 aromatic heterocycles. The second kappa shape index (κ2) is 8.07. The predicted octanol–water partition coefficient (Wildman–Crippen LogP) is 3.85. The molecule has 1 unspecified atom stereocenters. The molecule has 0 radical (unpaired) electrons. The lowest BCUT2D eigenvalue weighted by molar-refractivity contribution is -0.121. The van der Waals surface area contributed by atoms with Gasteiger partial charge in [0.25, 0.3) is 0 Å². The highest BCUT2D eigenvalue weighted by Crippen LogP contribution is 2.21. The molecule has 3 rings (SSSR count). The Morgan fingerprint density at radius 3 is 2.92 bits per heavy atom. The Bertz CT molecular complexity index is 829. The van der Waals surface area contributed by atoms with Gasteiger partial charge in [-0.2, -0.15) is 0 Å². The summed E-state index contributed by atoms with van der Waals surface area (Å²) < 4.78 is 15.5. The summed E-state index contributed by atoms with van der Waals surface area (Å²) in [5, 5.41) is 5.04. The van der Waals surface area contributed by atoms with E-state index in [-0.39, 0.29) is 11.7 Å². The number of carbonyl (C=O) groups excluding carboxylic acids is 1. The fourth-order valence-electron chi connectivity index (χ4n) is 2.75. The highest BCUT2D eigenvalue weighted by Gasteiger charge is 2.21. The van der Waals surface area contributed by atoms with Crippen molar-refractivity contribution >= 4 is 17.2 Å². The fraction of sp³-hybridized carbons (Fsp3) is 0.263. The zero-order valence-electron chi connectivity index (χ0n) is 14.0. The first-order chi connectivity index (χ1) is 12.1. The molecule has 0 aliphatic carbocycles. The molecule has 130 valence electrons. The van der Waals surface area contributed by atoms with E-state index in [2.05, 4.69) is 16.4 Å². The molecule has 1 N–H and O–H groups in total. The summed E-state index contributed by atoms with van der Waals surface area (Å²) in [6.45, 7) is 0. The van der Waals surface area contributed by atoms with Gasteiger partial charge < -0.3 is 9.88 Å². The SMILES string of the molecule is Cn1ccnc1C(NC(=O)CCCc1cccs1)c1cccc(F)c1. The molecule has 0 saturated heterocycles. The van der Waals surface area contributed by atoms with Crippen molar-refractivity contribution in [3.63, 3.8) is 0 Å². The molecule has 0 saturated carbocycles. The standard InChI is InChI=1S/C19H20FN3OS/c1-23-11-10-21-19(23)18(14-5-2-6-15(20)13-14)22-17(24)9-3-7-16-8-4-12-25-16/h2,4-6,8,10-13,18H,3,7,9H2,1H3,(H,22,24). The second-order valence-corrected chi connectivity index (χ2v) is 6.92. The van der Waals surface area contributed by atoms with Gasteiger partial charge in [-0.15, -0.1) is 11.3 Å². The number of thiophene rings is 1. The van der Waals surface area contributed by atoms with Gasteiger partial charge >= 0.3 is 0 Å². The number of nitrogens with one attached hydrogen (secondary N) is 1. The molecule has 4 nitrogen and oxygen atoms in total. The third kappa shape index (κ3) is 4.54. The van der Waals surface area contributed by atoms with E-state index in [4.69, 9.17) is 0 Å². The second-order valence-electron chi connectivity index (χ2n) is 5.88. The van der Waals surface area contributed by atoms with E-state index >= 15 is 0 Å². The number of benzene rings is 1.